The molecule has 108 valence electrons. The van der Waals surface area contributed by atoms with E-state index >= 15 is 0 Å². The minimum atomic E-state index is 0.571. The van der Waals surface area contributed by atoms with Gasteiger partial charge < -0.3 is 0 Å². The van der Waals surface area contributed by atoms with Gasteiger partial charge in [-0.1, -0.05) is 29.3 Å². The van der Waals surface area contributed by atoms with E-state index in [1.807, 2.05) is 0 Å². The van der Waals surface area contributed by atoms with Crippen LogP contribution in [-0.4, -0.2) is 9.97 Å². The van der Waals surface area contributed by atoms with Gasteiger partial charge in [-0.2, -0.15) is 0 Å². The van der Waals surface area contributed by atoms with Crippen LogP contribution in [0.5, 0.6) is 0 Å². The molecule has 0 spiro atoms. The molecule has 2 nitrogen and oxygen atoms in total. The fraction of sp³-hybridized carbons (Fsp3) is 0.250. The third kappa shape index (κ3) is 3.07. The molecule has 0 saturated carbocycles. The van der Waals surface area contributed by atoms with Crippen LogP contribution in [-0.2, 0) is 5.75 Å². The summed E-state index contributed by atoms with van der Waals surface area (Å²) in [7, 11) is 0. The van der Waals surface area contributed by atoms with E-state index in [0.29, 0.717) is 5.15 Å². The van der Waals surface area contributed by atoms with Gasteiger partial charge in [-0.05, 0) is 38.5 Å². The number of nitrogens with zero attached hydrogens (tertiary/aromatic N) is 2. The maximum atomic E-state index is 6.33. The van der Waals surface area contributed by atoms with Crippen LogP contribution < -0.4 is 0 Å². The van der Waals surface area contributed by atoms with Crippen LogP contribution in [0, 0.1) is 20.8 Å². The fourth-order valence-corrected chi connectivity index (χ4v) is 4.28. The average Bonchev–Trinajstić information content (AvgIpc) is 2.74. The van der Waals surface area contributed by atoms with Crippen molar-refractivity contribution >= 4 is 44.9 Å². The minimum Gasteiger partial charge on any atom is -0.221 e. The van der Waals surface area contributed by atoms with E-state index in [2.05, 4.69) is 55.0 Å². The van der Waals surface area contributed by atoms with Crippen molar-refractivity contribution in [2.24, 2.45) is 0 Å². The molecule has 0 fully saturated rings. The van der Waals surface area contributed by atoms with Gasteiger partial charge in [0.15, 0.2) is 0 Å². The van der Waals surface area contributed by atoms with Gasteiger partial charge in [-0.15, -0.1) is 23.1 Å². The number of rotatable bonds is 3. The predicted octanol–water partition coefficient (Wildman–Crippen LogP) is 5.56. The van der Waals surface area contributed by atoms with Gasteiger partial charge >= 0.3 is 0 Å². The third-order valence-corrected chi connectivity index (χ3v) is 5.80. The SMILES string of the molecule is Cc1ccc(SCc2nc(Cl)c3c(C)c(C)sc3n2)cc1. The Kier molecular flexibility index (Phi) is 4.20. The van der Waals surface area contributed by atoms with Crippen LogP contribution in [0.4, 0.5) is 0 Å². The second-order valence-corrected chi connectivity index (χ2v) is 7.61. The van der Waals surface area contributed by atoms with Gasteiger partial charge in [0.25, 0.3) is 0 Å². The van der Waals surface area contributed by atoms with Gasteiger partial charge in [0.2, 0.25) is 0 Å². The molecule has 0 bridgehead atoms. The summed E-state index contributed by atoms with van der Waals surface area (Å²) in [5, 5.41) is 1.57. The van der Waals surface area contributed by atoms with Crippen molar-refractivity contribution in [2.75, 3.05) is 0 Å². The fourth-order valence-electron chi connectivity index (χ4n) is 2.09. The molecule has 3 rings (SSSR count). The Labute approximate surface area is 137 Å². The maximum absolute atomic E-state index is 6.33. The monoisotopic (exact) mass is 334 g/mol. The second-order valence-electron chi connectivity index (χ2n) is 5.00. The van der Waals surface area contributed by atoms with Crippen molar-refractivity contribution in [2.45, 2.75) is 31.4 Å². The standard InChI is InChI=1S/C16H15ClN2S2/c1-9-4-6-12(7-5-9)20-8-13-18-15(17)14-10(2)11(3)21-16(14)19-13/h4-7H,8H2,1-3H3. The molecule has 0 radical (unpaired) electrons. The van der Waals surface area contributed by atoms with Gasteiger partial charge in [-0.25, -0.2) is 9.97 Å². The molecule has 1 aromatic carbocycles. The molecule has 2 heterocycles. The highest BCUT2D eigenvalue weighted by Gasteiger charge is 2.13. The molecule has 3 aromatic rings. The minimum absolute atomic E-state index is 0.571. The molecule has 0 N–H and O–H groups in total. The first-order valence-corrected chi connectivity index (χ1v) is 8.84. The van der Waals surface area contributed by atoms with E-state index in [0.717, 1.165) is 21.8 Å². The first-order chi connectivity index (χ1) is 10.0. The molecular formula is C16H15ClN2S2. The Hall–Kier alpha value is -1.10. The Morgan fingerprint density at radius 2 is 1.81 bits per heavy atom. The Balaban J connectivity index is 1.86. The summed E-state index contributed by atoms with van der Waals surface area (Å²) < 4.78 is 0. The number of thiophene rings is 1. The number of hydrogen-bond donors (Lipinski definition) is 0. The van der Waals surface area contributed by atoms with Crippen LogP contribution in [0.15, 0.2) is 29.2 Å². The zero-order chi connectivity index (χ0) is 15.0. The van der Waals surface area contributed by atoms with Gasteiger partial charge in [0, 0.05) is 9.77 Å². The molecular weight excluding hydrogens is 320 g/mol. The van der Waals surface area contributed by atoms with Gasteiger partial charge in [-0.3, -0.25) is 0 Å². The number of benzene rings is 1. The third-order valence-electron chi connectivity index (χ3n) is 3.42. The highest BCUT2D eigenvalue weighted by molar-refractivity contribution is 7.98. The van der Waals surface area contributed by atoms with E-state index in [4.69, 9.17) is 11.6 Å². The summed E-state index contributed by atoms with van der Waals surface area (Å²) >= 11 is 9.75. The molecule has 0 saturated heterocycles. The summed E-state index contributed by atoms with van der Waals surface area (Å²) in [5.41, 5.74) is 2.46. The summed E-state index contributed by atoms with van der Waals surface area (Å²) in [4.78, 5) is 12.6. The van der Waals surface area contributed by atoms with E-state index < -0.39 is 0 Å². The van der Waals surface area contributed by atoms with Crippen LogP contribution in [0.3, 0.4) is 0 Å². The summed E-state index contributed by atoms with van der Waals surface area (Å²) in [6.45, 7) is 6.26. The highest BCUT2D eigenvalue weighted by atomic mass is 35.5. The average molecular weight is 335 g/mol. The smallest absolute Gasteiger partial charge is 0.142 e. The zero-order valence-corrected chi connectivity index (χ0v) is 14.5. The van der Waals surface area contributed by atoms with E-state index in [9.17, 15) is 0 Å². The first kappa shape index (κ1) is 14.8. The molecule has 0 atom stereocenters. The van der Waals surface area contributed by atoms with Crippen LogP contribution in [0.25, 0.3) is 10.2 Å². The number of hydrogen-bond acceptors (Lipinski definition) is 4. The van der Waals surface area contributed by atoms with Crippen LogP contribution in [0.2, 0.25) is 5.15 Å². The number of aromatic nitrogens is 2. The molecule has 21 heavy (non-hydrogen) atoms. The number of halogens is 1. The predicted molar refractivity (Wildman–Crippen MR) is 92.6 cm³/mol. The molecule has 5 heteroatoms. The molecule has 0 aliphatic rings. The van der Waals surface area contributed by atoms with Crippen molar-refractivity contribution in [3.63, 3.8) is 0 Å². The molecule has 2 aromatic heterocycles. The largest absolute Gasteiger partial charge is 0.221 e. The summed E-state index contributed by atoms with van der Waals surface area (Å²) in [6.07, 6.45) is 0. The molecule has 0 aliphatic heterocycles. The van der Waals surface area contributed by atoms with Crippen molar-refractivity contribution in [3.05, 3.63) is 51.2 Å². The number of thioether (sulfide) groups is 1. The number of fused-ring (bicyclic) bond motifs is 1. The molecule has 0 unspecified atom stereocenters. The summed E-state index contributed by atoms with van der Waals surface area (Å²) in [6, 6.07) is 8.48. The van der Waals surface area contributed by atoms with E-state index in [1.165, 1.54) is 20.9 Å². The topological polar surface area (TPSA) is 25.8 Å². The second kappa shape index (κ2) is 5.95. The van der Waals surface area contributed by atoms with Gasteiger partial charge in [0.05, 0.1) is 11.1 Å². The maximum Gasteiger partial charge on any atom is 0.142 e. The van der Waals surface area contributed by atoms with Crippen molar-refractivity contribution in [1.29, 1.82) is 0 Å². The highest BCUT2D eigenvalue weighted by Crippen LogP contribution is 2.33. The lowest BCUT2D eigenvalue weighted by molar-refractivity contribution is 1.07. The lowest BCUT2D eigenvalue weighted by atomic mass is 10.2. The van der Waals surface area contributed by atoms with Crippen LogP contribution >= 0.6 is 34.7 Å². The lowest BCUT2D eigenvalue weighted by Crippen LogP contribution is -1.93. The molecule has 0 amide bonds. The van der Waals surface area contributed by atoms with Gasteiger partial charge in [0.1, 0.15) is 15.8 Å². The van der Waals surface area contributed by atoms with E-state index in [-0.39, 0.29) is 0 Å². The quantitative estimate of drug-likeness (QED) is 0.463. The Morgan fingerprint density at radius 1 is 1.10 bits per heavy atom. The van der Waals surface area contributed by atoms with Crippen molar-refractivity contribution < 1.29 is 0 Å². The normalized spacial score (nSPS) is 11.2. The Morgan fingerprint density at radius 3 is 2.52 bits per heavy atom. The number of aryl methyl sites for hydroxylation is 3. The Bertz CT molecular complexity index is 794. The van der Waals surface area contributed by atoms with Crippen molar-refractivity contribution in [3.8, 4) is 0 Å². The summed E-state index contributed by atoms with van der Waals surface area (Å²) in [5.74, 6) is 1.52. The first-order valence-electron chi connectivity index (χ1n) is 6.66. The molecule has 0 aliphatic carbocycles. The zero-order valence-electron chi connectivity index (χ0n) is 12.1. The van der Waals surface area contributed by atoms with Crippen LogP contribution in [0.1, 0.15) is 21.8 Å². The van der Waals surface area contributed by atoms with E-state index in [1.54, 1.807) is 23.1 Å². The lowest BCUT2D eigenvalue weighted by Gasteiger charge is -2.03. The van der Waals surface area contributed by atoms with Crippen molar-refractivity contribution in [1.82, 2.24) is 9.97 Å².